The third-order valence-corrected chi connectivity index (χ3v) is 13.5. The largest absolute Gasteiger partial charge is 0.464 e. The average Bonchev–Trinajstić information content (AvgIpc) is 3.79. The Kier molecular flexibility index (Phi) is 11.5. The van der Waals surface area contributed by atoms with Crippen LogP contribution in [0, 0.1) is 10.8 Å². The van der Waals surface area contributed by atoms with Gasteiger partial charge in [-0.15, -0.1) is 11.3 Å². The fraction of sp³-hybridized carbons (Fsp3) is 0.587. The van der Waals surface area contributed by atoms with Crippen molar-refractivity contribution in [3.05, 3.63) is 58.2 Å². The van der Waals surface area contributed by atoms with Crippen LogP contribution in [0.5, 0.6) is 0 Å². The molecule has 3 aromatic heterocycles. The number of amides is 2. The van der Waals surface area contributed by atoms with Gasteiger partial charge in [-0.2, -0.15) is 0 Å². The van der Waals surface area contributed by atoms with Gasteiger partial charge in [-0.25, -0.2) is 15.2 Å². The number of pyridine rings is 1. The van der Waals surface area contributed by atoms with Crippen molar-refractivity contribution in [3.63, 3.8) is 0 Å². The fourth-order valence-electron chi connectivity index (χ4n) is 9.54. The molecule has 5 aliphatic rings. The highest BCUT2D eigenvalue weighted by atomic mass is 32.1. The summed E-state index contributed by atoms with van der Waals surface area (Å²) >= 11 is 1.47. The van der Waals surface area contributed by atoms with E-state index in [-0.39, 0.29) is 30.1 Å². The quantitative estimate of drug-likeness (QED) is 0.220. The van der Waals surface area contributed by atoms with Crippen molar-refractivity contribution in [3.8, 4) is 22.5 Å². The maximum atomic E-state index is 14.9. The van der Waals surface area contributed by atoms with Gasteiger partial charge in [0, 0.05) is 70.6 Å². The molecule has 0 radical (unpaired) electrons. The lowest BCUT2D eigenvalue weighted by atomic mass is 9.76. The van der Waals surface area contributed by atoms with Crippen molar-refractivity contribution in [2.75, 3.05) is 52.7 Å². The van der Waals surface area contributed by atoms with Crippen LogP contribution in [0.1, 0.15) is 89.7 Å². The van der Waals surface area contributed by atoms with E-state index in [0.717, 1.165) is 44.7 Å². The molecule has 0 aliphatic carbocycles. The van der Waals surface area contributed by atoms with Crippen LogP contribution >= 0.6 is 11.3 Å². The lowest BCUT2D eigenvalue weighted by molar-refractivity contribution is -0.202. The van der Waals surface area contributed by atoms with Gasteiger partial charge >= 0.3 is 12.1 Å². The number of esters is 1. The summed E-state index contributed by atoms with van der Waals surface area (Å²) in [6.45, 7) is 18.3. The maximum Gasteiger partial charge on any atom is 0.408 e. The monoisotopic (exact) mass is 869 g/mol. The highest BCUT2D eigenvalue weighted by molar-refractivity contribution is 7.10. The molecule has 16 heteroatoms. The molecule has 9 rings (SSSR count). The molecule has 3 saturated heterocycles. The molecule has 332 valence electrons. The number of fused-ring (bicyclic) bond motifs is 11. The molecule has 1 spiro atoms. The third kappa shape index (κ3) is 8.49. The van der Waals surface area contributed by atoms with E-state index in [2.05, 4.69) is 58.3 Å². The number of aromatic nitrogens is 3. The minimum absolute atomic E-state index is 0.00365. The Balaban J connectivity index is 1.21. The number of likely N-dealkylation sites (tertiary alicyclic amines) is 1. The number of alkyl carbamates (subject to hydrolysis) is 1. The van der Waals surface area contributed by atoms with E-state index in [4.69, 9.17) is 33.7 Å². The average molecular weight is 870 g/mol. The van der Waals surface area contributed by atoms with E-state index in [1.165, 1.54) is 16.3 Å². The van der Waals surface area contributed by atoms with Crippen molar-refractivity contribution >= 4 is 40.2 Å². The Morgan fingerprint density at radius 3 is 2.63 bits per heavy atom. The fourth-order valence-corrected chi connectivity index (χ4v) is 10.5. The predicted octanol–water partition coefficient (Wildman–Crippen LogP) is 6.21. The summed E-state index contributed by atoms with van der Waals surface area (Å²) in [5, 5.41) is 8.23. The molecule has 8 heterocycles. The van der Waals surface area contributed by atoms with Crippen LogP contribution in [0.15, 0.2) is 41.9 Å². The van der Waals surface area contributed by atoms with Crippen molar-refractivity contribution in [1.82, 2.24) is 35.2 Å². The highest BCUT2D eigenvalue weighted by Gasteiger charge is 2.54. The molecule has 3 fully saturated rings. The number of cyclic esters (lactones) is 1. The zero-order valence-corrected chi connectivity index (χ0v) is 37.6. The zero-order valence-electron chi connectivity index (χ0n) is 36.8. The first-order chi connectivity index (χ1) is 29.6. The molecule has 6 bridgehead atoms. The molecule has 5 aliphatic heterocycles. The first-order valence-corrected chi connectivity index (χ1v) is 22.8. The normalized spacial score (nSPS) is 26.8. The van der Waals surface area contributed by atoms with Gasteiger partial charge < -0.3 is 33.6 Å². The lowest BCUT2D eigenvalue weighted by Crippen LogP contribution is -2.70. The van der Waals surface area contributed by atoms with Crippen LogP contribution in [0.2, 0.25) is 0 Å². The SMILES string of the molecule is C[C@@H]1OC[C@H](C)OCCn2c(c3c4cc(ccc42)-c2csc(n2)[C@@H](N2CC4(COC4)C2)[C@H](NC(=O)OC(C)(C)C)C(=O)N2CCC[C@H](N2)C(=O)OCC(C)(C)C3)-c2cccnc21. The van der Waals surface area contributed by atoms with E-state index in [0.29, 0.717) is 76.9 Å². The molecular weight excluding hydrogens is 811 g/mol. The summed E-state index contributed by atoms with van der Waals surface area (Å²) in [4.78, 5) is 55.0. The van der Waals surface area contributed by atoms with Crippen LogP contribution in [0.3, 0.4) is 0 Å². The number of hydrogen-bond acceptors (Lipinski definition) is 13. The van der Waals surface area contributed by atoms with Gasteiger partial charge in [0.15, 0.2) is 0 Å². The smallest absolute Gasteiger partial charge is 0.408 e. The molecule has 15 nitrogen and oxygen atoms in total. The first-order valence-electron chi connectivity index (χ1n) is 21.9. The van der Waals surface area contributed by atoms with Crippen LogP contribution in [0.4, 0.5) is 4.79 Å². The number of hydrogen-bond donors (Lipinski definition) is 2. The second-order valence-electron chi connectivity index (χ2n) is 19.6. The summed E-state index contributed by atoms with van der Waals surface area (Å²) in [5.74, 6) is -0.811. The van der Waals surface area contributed by atoms with Gasteiger partial charge in [-0.05, 0) is 83.7 Å². The molecule has 0 unspecified atom stereocenters. The second kappa shape index (κ2) is 16.6. The van der Waals surface area contributed by atoms with Gasteiger partial charge in [0.2, 0.25) is 0 Å². The van der Waals surface area contributed by atoms with Crippen LogP contribution in [0.25, 0.3) is 33.4 Å². The van der Waals surface area contributed by atoms with E-state index in [1.54, 1.807) is 20.8 Å². The standard InChI is InChI=1S/C46H59N7O8S/c1-27-20-59-28(2)36-30(10-8-14-47-36)38-32-19-45(6,7)24-60-42(55)33-11-9-15-53(50-33)41(54)37(49-43(56)61-44(3,4)5)39(51-22-46(23-51)25-57-26-46)40-48-34(21-62-40)29-12-13-35(31(32)18-29)52(38)16-17-58-27/h8,10,12-14,18,21,27-28,33,37,39,50H,9,11,15-17,19-20,22-26H2,1-7H3,(H,49,56)/t27-,28-,33-,37-,39-/m0/s1. The van der Waals surface area contributed by atoms with E-state index >= 15 is 0 Å². The zero-order chi connectivity index (χ0) is 43.6. The molecule has 2 N–H and O–H groups in total. The van der Waals surface area contributed by atoms with Crippen molar-refractivity contribution in [1.29, 1.82) is 0 Å². The molecule has 62 heavy (non-hydrogen) atoms. The number of ether oxygens (including phenoxy) is 5. The van der Waals surface area contributed by atoms with Gasteiger partial charge in [0.1, 0.15) is 22.7 Å². The number of rotatable bonds is 2. The Morgan fingerprint density at radius 2 is 1.87 bits per heavy atom. The molecule has 2 amide bonds. The Hall–Kier alpha value is -4.45. The van der Waals surface area contributed by atoms with Crippen molar-refractivity contribution < 1.29 is 38.1 Å². The maximum absolute atomic E-state index is 14.9. The number of carbonyl (C=O) groups excluding carboxylic acids is 3. The third-order valence-electron chi connectivity index (χ3n) is 12.6. The molecular formula is C46H59N7O8S. The number of thiazole rings is 1. The first kappa shape index (κ1) is 42.8. The number of nitrogens with one attached hydrogen (secondary N) is 2. The van der Waals surface area contributed by atoms with E-state index < -0.39 is 41.2 Å². The summed E-state index contributed by atoms with van der Waals surface area (Å²) in [5.41, 5.74) is 8.59. The molecule has 0 saturated carbocycles. The number of carbonyl (C=O) groups is 3. The summed E-state index contributed by atoms with van der Waals surface area (Å²) in [6, 6.07) is 8.08. The Morgan fingerprint density at radius 1 is 1.06 bits per heavy atom. The lowest BCUT2D eigenvalue weighted by Gasteiger charge is -2.57. The van der Waals surface area contributed by atoms with E-state index in [1.807, 2.05) is 31.5 Å². The van der Waals surface area contributed by atoms with Gasteiger partial charge in [-0.1, -0.05) is 19.9 Å². The number of nitrogens with zero attached hydrogens (tertiary/aromatic N) is 5. The number of hydrazine groups is 1. The van der Waals surface area contributed by atoms with Crippen LogP contribution < -0.4 is 10.7 Å². The minimum atomic E-state index is -1.09. The second-order valence-corrected chi connectivity index (χ2v) is 20.5. The predicted molar refractivity (Wildman–Crippen MR) is 233 cm³/mol. The summed E-state index contributed by atoms with van der Waals surface area (Å²) in [6.07, 6.45) is 2.35. The van der Waals surface area contributed by atoms with Crippen LogP contribution in [-0.4, -0.2) is 119 Å². The van der Waals surface area contributed by atoms with Gasteiger partial charge in [-0.3, -0.25) is 24.5 Å². The minimum Gasteiger partial charge on any atom is -0.464 e. The van der Waals surface area contributed by atoms with Gasteiger partial charge in [0.25, 0.3) is 5.91 Å². The summed E-state index contributed by atoms with van der Waals surface area (Å²) in [7, 11) is 0. The van der Waals surface area contributed by atoms with Crippen LogP contribution in [-0.2, 0) is 46.2 Å². The Labute approximate surface area is 366 Å². The van der Waals surface area contributed by atoms with E-state index in [9.17, 15) is 14.4 Å². The molecule has 1 aromatic carbocycles. The molecule has 4 aromatic rings. The van der Waals surface area contributed by atoms with Crippen molar-refractivity contribution in [2.45, 2.75) is 110 Å². The summed E-state index contributed by atoms with van der Waals surface area (Å²) < 4.78 is 32.5. The highest BCUT2D eigenvalue weighted by Crippen LogP contribution is 2.46. The number of benzene rings is 1. The Bertz CT molecular complexity index is 2340. The van der Waals surface area contributed by atoms with Crippen molar-refractivity contribution in [2.24, 2.45) is 10.8 Å². The topological polar surface area (TPSA) is 159 Å². The van der Waals surface area contributed by atoms with Gasteiger partial charge in [0.05, 0.1) is 68.4 Å². The molecule has 5 atom stereocenters.